The van der Waals surface area contributed by atoms with Crippen molar-refractivity contribution in [2.24, 2.45) is 5.73 Å². The lowest BCUT2D eigenvalue weighted by Gasteiger charge is -2.28. The molecule has 10 heteroatoms. The van der Waals surface area contributed by atoms with Gasteiger partial charge in [-0.15, -0.1) is 11.3 Å². The molecule has 0 bridgehead atoms. The first kappa shape index (κ1) is 21.4. The zero-order chi connectivity index (χ0) is 20.2. The van der Waals surface area contributed by atoms with Gasteiger partial charge in [0.1, 0.15) is 5.60 Å². The van der Waals surface area contributed by atoms with Gasteiger partial charge in [-0.1, -0.05) is 0 Å². The van der Waals surface area contributed by atoms with Crippen molar-refractivity contribution in [3.05, 3.63) is 21.9 Å². The summed E-state index contributed by atoms with van der Waals surface area (Å²) in [5, 5.41) is 5.04. The molecular formula is C17H26N4O4S2. The zero-order valence-electron chi connectivity index (χ0n) is 15.7. The van der Waals surface area contributed by atoms with E-state index < -0.39 is 11.6 Å². The average Bonchev–Trinajstić information content (AvgIpc) is 3.15. The van der Waals surface area contributed by atoms with Gasteiger partial charge < -0.3 is 21.1 Å². The molecule has 1 unspecified atom stereocenters. The van der Waals surface area contributed by atoms with Crippen LogP contribution in [0.5, 0.6) is 0 Å². The smallest absolute Gasteiger partial charge is 0.410 e. The van der Waals surface area contributed by atoms with Gasteiger partial charge in [0.2, 0.25) is 5.91 Å². The van der Waals surface area contributed by atoms with Crippen LogP contribution in [0.2, 0.25) is 0 Å². The molecule has 2 heterocycles. The molecule has 2 rings (SSSR count). The van der Waals surface area contributed by atoms with Gasteiger partial charge in [0.05, 0.1) is 19.1 Å². The van der Waals surface area contributed by atoms with E-state index in [2.05, 4.69) is 23.3 Å². The Morgan fingerprint density at radius 2 is 2.04 bits per heavy atom. The molecule has 1 aromatic rings. The standard InChI is InChI=1S/C17H26N4O4S2/c1-17(2,3)25-16(24)21-9-10(26)6-12(21)13-5-4-11(27-13)7-19-14(22)8-20-15(18)23/h4-5,10,12,26H,6-9H2,1-3H3,(H,19,22)(H3,18,20,23)/t10-,12?/m0/s1. The second-order valence-corrected chi connectivity index (χ2v) is 9.27. The number of hydrogen-bond donors (Lipinski definition) is 4. The van der Waals surface area contributed by atoms with Gasteiger partial charge in [0.25, 0.3) is 0 Å². The highest BCUT2D eigenvalue weighted by atomic mass is 32.1. The van der Waals surface area contributed by atoms with Crippen molar-refractivity contribution in [1.82, 2.24) is 15.5 Å². The number of primary amides is 1. The molecule has 8 nitrogen and oxygen atoms in total. The molecule has 1 aliphatic rings. The summed E-state index contributed by atoms with van der Waals surface area (Å²) < 4.78 is 5.51. The Hall–Kier alpha value is -1.94. The van der Waals surface area contributed by atoms with E-state index in [4.69, 9.17) is 10.5 Å². The maximum Gasteiger partial charge on any atom is 0.410 e. The molecular weight excluding hydrogens is 388 g/mol. The number of likely N-dealkylation sites (tertiary alicyclic amines) is 1. The number of urea groups is 1. The molecule has 27 heavy (non-hydrogen) atoms. The Kier molecular flexibility index (Phi) is 6.99. The van der Waals surface area contributed by atoms with Crippen LogP contribution in [0.25, 0.3) is 0 Å². The van der Waals surface area contributed by atoms with E-state index in [9.17, 15) is 14.4 Å². The van der Waals surface area contributed by atoms with Gasteiger partial charge in [-0.05, 0) is 39.3 Å². The molecule has 4 amide bonds. The SMILES string of the molecule is CC(C)(C)OC(=O)N1C[C@@H](S)CC1c1ccc(CNC(=O)CNC(N)=O)s1. The minimum absolute atomic E-state index is 0.0895. The highest BCUT2D eigenvalue weighted by Gasteiger charge is 2.37. The molecule has 4 N–H and O–H groups in total. The Bertz CT molecular complexity index is 701. The van der Waals surface area contributed by atoms with Crippen molar-refractivity contribution < 1.29 is 19.1 Å². The molecule has 0 spiro atoms. The van der Waals surface area contributed by atoms with Crippen molar-refractivity contribution in [2.45, 2.75) is 50.6 Å². The summed E-state index contributed by atoms with van der Waals surface area (Å²) >= 11 is 6.06. The molecule has 1 fully saturated rings. The number of carbonyl (C=O) groups is 3. The number of rotatable bonds is 5. The quantitative estimate of drug-likeness (QED) is 0.552. The van der Waals surface area contributed by atoms with Crippen molar-refractivity contribution in [1.29, 1.82) is 0 Å². The summed E-state index contributed by atoms with van der Waals surface area (Å²) in [5.41, 5.74) is 4.38. The van der Waals surface area contributed by atoms with Crippen LogP contribution in [0.4, 0.5) is 9.59 Å². The van der Waals surface area contributed by atoms with Gasteiger partial charge >= 0.3 is 12.1 Å². The third-order valence-corrected chi connectivity index (χ3v) is 5.36. The minimum Gasteiger partial charge on any atom is -0.444 e. The van der Waals surface area contributed by atoms with Gasteiger partial charge in [-0.25, -0.2) is 9.59 Å². The minimum atomic E-state index is -0.742. The van der Waals surface area contributed by atoms with Crippen molar-refractivity contribution in [2.75, 3.05) is 13.1 Å². The van der Waals surface area contributed by atoms with Crippen molar-refractivity contribution >= 4 is 42.0 Å². The number of thiol groups is 1. The van der Waals surface area contributed by atoms with Gasteiger partial charge in [-0.2, -0.15) is 12.6 Å². The number of nitrogens with two attached hydrogens (primary N) is 1. The van der Waals surface area contributed by atoms with Crippen LogP contribution < -0.4 is 16.4 Å². The molecule has 2 atom stereocenters. The van der Waals surface area contributed by atoms with Crippen molar-refractivity contribution in [3.63, 3.8) is 0 Å². The predicted octanol–water partition coefficient (Wildman–Crippen LogP) is 2.01. The summed E-state index contributed by atoms with van der Waals surface area (Å²) in [6.45, 7) is 6.23. The Morgan fingerprint density at radius 3 is 2.67 bits per heavy atom. The lowest BCUT2D eigenvalue weighted by Crippen LogP contribution is -2.39. The van der Waals surface area contributed by atoms with Gasteiger partial charge in [0.15, 0.2) is 0 Å². The normalized spacial score (nSPS) is 19.6. The molecule has 1 aliphatic heterocycles. The predicted molar refractivity (Wildman–Crippen MR) is 107 cm³/mol. The lowest BCUT2D eigenvalue weighted by molar-refractivity contribution is -0.120. The number of carbonyl (C=O) groups excluding carboxylic acids is 3. The van der Waals surface area contributed by atoms with Crippen LogP contribution in [-0.4, -0.2) is 46.9 Å². The summed E-state index contributed by atoms with van der Waals surface area (Å²) in [6.07, 6.45) is 0.404. The molecule has 1 aromatic heterocycles. The van der Waals surface area contributed by atoms with Gasteiger partial charge in [-0.3, -0.25) is 9.69 Å². The topological polar surface area (TPSA) is 114 Å². The second-order valence-electron chi connectivity index (χ2n) is 7.34. The second kappa shape index (κ2) is 8.83. The first-order valence-electron chi connectivity index (χ1n) is 8.61. The number of nitrogens with one attached hydrogen (secondary N) is 2. The number of thiophene rings is 1. The monoisotopic (exact) mass is 414 g/mol. The maximum atomic E-state index is 12.5. The highest BCUT2D eigenvalue weighted by molar-refractivity contribution is 7.81. The van der Waals surface area contributed by atoms with Crippen molar-refractivity contribution in [3.8, 4) is 0 Å². The molecule has 0 aliphatic carbocycles. The fraction of sp³-hybridized carbons (Fsp3) is 0.588. The van der Waals surface area contributed by atoms with E-state index in [0.717, 1.165) is 16.2 Å². The van der Waals surface area contributed by atoms with Gasteiger partial charge in [0, 0.05) is 21.5 Å². The fourth-order valence-corrected chi connectivity index (χ4v) is 4.14. The Morgan fingerprint density at radius 1 is 1.33 bits per heavy atom. The van der Waals surface area contributed by atoms with E-state index in [1.54, 1.807) is 4.90 Å². The van der Waals surface area contributed by atoms with Crippen LogP contribution in [0.1, 0.15) is 43.0 Å². The van der Waals surface area contributed by atoms with E-state index in [1.807, 2.05) is 32.9 Å². The van der Waals surface area contributed by atoms with Crippen LogP contribution in [0, 0.1) is 0 Å². The fourth-order valence-electron chi connectivity index (χ4n) is 2.69. The average molecular weight is 415 g/mol. The Labute approximate surface area is 168 Å². The molecule has 150 valence electrons. The molecule has 0 radical (unpaired) electrons. The maximum absolute atomic E-state index is 12.5. The Balaban J connectivity index is 1.97. The van der Waals surface area contributed by atoms with Crippen LogP contribution in [-0.2, 0) is 16.1 Å². The largest absolute Gasteiger partial charge is 0.444 e. The number of nitrogens with zero attached hydrogens (tertiary/aromatic N) is 1. The summed E-state index contributed by atoms with van der Waals surface area (Å²) in [5.74, 6) is -0.324. The summed E-state index contributed by atoms with van der Waals surface area (Å²) in [4.78, 5) is 38.5. The molecule has 0 aromatic carbocycles. The van der Waals surface area contributed by atoms with Crippen LogP contribution in [0.15, 0.2) is 12.1 Å². The van der Waals surface area contributed by atoms with E-state index in [1.165, 1.54) is 11.3 Å². The summed E-state index contributed by atoms with van der Waals surface area (Å²) in [6, 6.07) is 3.05. The third-order valence-electron chi connectivity index (χ3n) is 3.80. The number of amides is 4. The molecule has 1 saturated heterocycles. The summed E-state index contributed by atoms with van der Waals surface area (Å²) in [7, 11) is 0. The van der Waals surface area contributed by atoms with Crippen LogP contribution in [0.3, 0.4) is 0 Å². The van der Waals surface area contributed by atoms with Crippen LogP contribution >= 0.6 is 24.0 Å². The number of hydrogen-bond acceptors (Lipinski definition) is 6. The lowest BCUT2D eigenvalue weighted by atomic mass is 10.2. The zero-order valence-corrected chi connectivity index (χ0v) is 17.4. The highest BCUT2D eigenvalue weighted by Crippen LogP contribution is 2.38. The van der Waals surface area contributed by atoms with E-state index in [0.29, 0.717) is 13.1 Å². The first-order valence-corrected chi connectivity index (χ1v) is 9.94. The first-order chi connectivity index (χ1) is 12.5. The molecule has 0 saturated carbocycles. The number of ether oxygens (including phenoxy) is 1. The van der Waals surface area contributed by atoms with E-state index >= 15 is 0 Å². The third kappa shape index (κ3) is 6.62. The van der Waals surface area contributed by atoms with E-state index in [-0.39, 0.29) is 29.8 Å².